The molecule has 22 heavy (non-hydrogen) atoms. The standard InChI is InChI=1S/C18H29NO3/c1-15(5-6-16-7-9-17(20)10-8-16)19-11-3-12-21-14-18-4-2-13-22-18/h7-10,15,18-20H,2-6,11-14H2,1H3. The normalized spacial score (nSPS) is 19.4. The maximum atomic E-state index is 9.26. The van der Waals surface area contributed by atoms with Crippen LogP contribution in [0.1, 0.15) is 38.2 Å². The summed E-state index contributed by atoms with van der Waals surface area (Å²) in [4.78, 5) is 0. The monoisotopic (exact) mass is 307 g/mol. The molecule has 0 bridgehead atoms. The number of aromatic hydroxyl groups is 1. The fourth-order valence-electron chi connectivity index (χ4n) is 2.66. The van der Waals surface area contributed by atoms with Crippen LogP contribution in [-0.4, -0.2) is 43.6 Å². The van der Waals surface area contributed by atoms with E-state index in [4.69, 9.17) is 9.47 Å². The van der Waals surface area contributed by atoms with Gasteiger partial charge in [-0.15, -0.1) is 0 Å². The Balaban J connectivity index is 1.45. The van der Waals surface area contributed by atoms with Crippen LogP contribution < -0.4 is 5.32 Å². The number of aryl methyl sites for hydroxylation is 1. The maximum absolute atomic E-state index is 9.26. The lowest BCUT2D eigenvalue weighted by Gasteiger charge is -2.14. The molecule has 0 saturated carbocycles. The highest BCUT2D eigenvalue weighted by atomic mass is 16.5. The fraction of sp³-hybridized carbons (Fsp3) is 0.667. The van der Waals surface area contributed by atoms with Crippen molar-refractivity contribution >= 4 is 0 Å². The molecule has 1 heterocycles. The molecule has 1 saturated heterocycles. The van der Waals surface area contributed by atoms with Gasteiger partial charge in [0.05, 0.1) is 12.7 Å². The molecular weight excluding hydrogens is 278 g/mol. The van der Waals surface area contributed by atoms with Gasteiger partial charge in [-0.1, -0.05) is 12.1 Å². The third kappa shape index (κ3) is 6.77. The molecule has 0 aromatic heterocycles. The first-order valence-corrected chi connectivity index (χ1v) is 8.44. The Morgan fingerprint density at radius 2 is 2.18 bits per heavy atom. The largest absolute Gasteiger partial charge is 0.508 e. The third-order valence-electron chi connectivity index (χ3n) is 4.09. The number of phenols is 1. The van der Waals surface area contributed by atoms with Crippen LogP contribution in [0, 0.1) is 0 Å². The number of rotatable bonds is 10. The summed E-state index contributed by atoms with van der Waals surface area (Å²) < 4.78 is 11.2. The van der Waals surface area contributed by atoms with Gasteiger partial charge >= 0.3 is 0 Å². The summed E-state index contributed by atoms with van der Waals surface area (Å²) in [5.41, 5.74) is 1.27. The van der Waals surface area contributed by atoms with Crippen molar-refractivity contribution in [2.24, 2.45) is 0 Å². The summed E-state index contributed by atoms with van der Waals surface area (Å²) >= 11 is 0. The first kappa shape index (κ1) is 17.3. The second kappa shape index (κ2) is 9.82. The van der Waals surface area contributed by atoms with Crippen LogP contribution in [-0.2, 0) is 15.9 Å². The van der Waals surface area contributed by atoms with Gasteiger partial charge in [0, 0.05) is 19.3 Å². The van der Waals surface area contributed by atoms with Gasteiger partial charge in [-0.2, -0.15) is 0 Å². The quantitative estimate of drug-likeness (QED) is 0.653. The van der Waals surface area contributed by atoms with Crippen molar-refractivity contribution in [1.82, 2.24) is 5.32 Å². The van der Waals surface area contributed by atoms with Crippen LogP contribution in [0.5, 0.6) is 5.75 Å². The van der Waals surface area contributed by atoms with Crippen LogP contribution >= 0.6 is 0 Å². The summed E-state index contributed by atoms with van der Waals surface area (Å²) in [5.74, 6) is 0.331. The molecule has 4 heteroatoms. The van der Waals surface area contributed by atoms with Crippen molar-refractivity contribution in [1.29, 1.82) is 0 Å². The predicted octanol–water partition coefficient (Wildman–Crippen LogP) is 2.89. The number of benzene rings is 1. The van der Waals surface area contributed by atoms with Crippen molar-refractivity contribution in [3.8, 4) is 5.75 Å². The van der Waals surface area contributed by atoms with Crippen molar-refractivity contribution < 1.29 is 14.6 Å². The molecule has 2 N–H and O–H groups in total. The minimum absolute atomic E-state index is 0.331. The Labute approximate surface area is 133 Å². The van der Waals surface area contributed by atoms with Crippen LogP contribution in [0.4, 0.5) is 0 Å². The summed E-state index contributed by atoms with van der Waals surface area (Å²) in [6, 6.07) is 7.96. The molecule has 2 rings (SSSR count). The van der Waals surface area contributed by atoms with Gasteiger partial charge in [-0.05, 0) is 63.3 Å². The van der Waals surface area contributed by atoms with E-state index < -0.39 is 0 Å². The molecule has 2 unspecified atom stereocenters. The Hall–Kier alpha value is -1.10. The number of hydrogen-bond donors (Lipinski definition) is 2. The summed E-state index contributed by atoms with van der Waals surface area (Å²) in [5, 5.41) is 12.8. The second-order valence-corrected chi connectivity index (χ2v) is 6.12. The van der Waals surface area contributed by atoms with Gasteiger partial charge in [0.15, 0.2) is 0 Å². The van der Waals surface area contributed by atoms with Crippen molar-refractivity contribution in [3.05, 3.63) is 29.8 Å². The Morgan fingerprint density at radius 1 is 1.36 bits per heavy atom. The molecule has 1 aliphatic rings. The average molecular weight is 307 g/mol. The molecule has 0 radical (unpaired) electrons. The van der Waals surface area contributed by atoms with E-state index >= 15 is 0 Å². The molecule has 124 valence electrons. The number of hydrogen-bond acceptors (Lipinski definition) is 4. The highest BCUT2D eigenvalue weighted by molar-refractivity contribution is 5.25. The minimum Gasteiger partial charge on any atom is -0.508 e. The molecule has 0 amide bonds. The number of phenolic OH excluding ortho intramolecular Hbond substituents is 1. The lowest BCUT2D eigenvalue weighted by Crippen LogP contribution is -2.28. The van der Waals surface area contributed by atoms with Crippen LogP contribution in [0.2, 0.25) is 0 Å². The summed E-state index contributed by atoms with van der Waals surface area (Å²) in [6.07, 6.45) is 5.82. The lowest BCUT2D eigenvalue weighted by atomic mass is 10.1. The van der Waals surface area contributed by atoms with E-state index in [1.807, 2.05) is 12.1 Å². The first-order valence-electron chi connectivity index (χ1n) is 8.44. The summed E-state index contributed by atoms with van der Waals surface area (Å²) in [7, 11) is 0. The van der Waals surface area contributed by atoms with Crippen LogP contribution in [0.25, 0.3) is 0 Å². The Morgan fingerprint density at radius 3 is 2.91 bits per heavy atom. The van der Waals surface area contributed by atoms with Crippen molar-refractivity contribution in [3.63, 3.8) is 0 Å². The van der Waals surface area contributed by atoms with E-state index in [2.05, 4.69) is 12.2 Å². The fourth-order valence-corrected chi connectivity index (χ4v) is 2.66. The van der Waals surface area contributed by atoms with E-state index in [9.17, 15) is 5.11 Å². The van der Waals surface area contributed by atoms with Crippen molar-refractivity contribution in [2.75, 3.05) is 26.4 Å². The molecular formula is C18H29NO3. The Kier molecular flexibility index (Phi) is 7.71. The van der Waals surface area contributed by atoms with Crippen molar-refractivity contribution in [2.45, 2.75) is 51.2 Å². The van der Waals surface area contributed by atoms with E-state index in [1.54, 1.807) is 12.1 Å². The molecule has 1 aliphatic heterocycles. The van der Waals surface area contributed by atoms with E-state index in [1.165, 1.54) is 12.0 Å². The number of ether oxygens (including phenoxy) is 2. The van der Waals surface area contributed by atoms with Crippen LogP contribution in [0.3, 0.4) is 0 Å². The maximum Gasteiger partial charge on any atom is 0.115 e. The SMILES string of the molecule is CC(CCc1ccc(O)cc1)NCCCOCC1CCCO1. The lowest BCUT2D eigenvalue weighted by molar-refractivity contribution is 0.0165. The van der Waals surface area contributed by atoms with Gasteiger partial charge in [-0.3, -0.25) is 0 Å². The van der Waals surface area contributed by atoms with Gasteiger partial charge in [0.2, 0.25) is 0 Å². The highest BCUT2D eigenvalue weighted by Gasteiger charge is 2.14. The van der Waals surface area contributed by atoms with E-state index in [0.29, 0.717) is 17.9 Å². The summed E-state index contributed by atoms with van der Waals surface area (Å²) in [6.45, 7) is 5.65. The molecule has 2 atom stereocenters. The van der Waals surface area contributed by atoms with Crippen LogP contribution in [0.15, 0.2) is 24.3 Å². The predicted molar refractivity (Wildman–Crippen MR) is 88.3 cm³/mol. The van der Waals surface area contributed by atoms with Gasteiger partial charge in [-0.25, -0.2) is 0 Å². The van der Waals surface area contributed by atoms with Gasteiger partial charge in [0.1, 0.15) is 5.75 Å². The molecule has 1 aromatic carbocycles. The highest BCUT2D eigenvalue weighted by Crippen LogP contribution is 2.12. The minimum atomic E-state index is 0.331. The average Bonchev–Trinajstić information content (AvgIpc) is 3.03. The first-order chi connectivity index (χ1) is 10.7. The third-order valence-corrected chi connectivity index (χ3v) is 4.09. The zero-order valence-electron chi connectivity index (χ0n) is 13.6. The smallest absolute Gasteiger partial charge is 0.115 e. The van der Waals surface area contributed by atoms with Gasteiger partial charge in [0.25, 0.3) is 0 Å². The van der Waals surface area contributed by atoms with Gasteiger partial charge < -0.3 is 19.9 Å². The molecule has 0 aliphatic carbocycles. The molecule has 1 aromatic rings. The Bertz CT molecular complexity index is 401. The zero-order chi connectivity index (χ0) is 15.6. The van der Waals surface area contributed by atoms with E-state index in [-0.39, 0.29) is 0 Å². The zero-order valence-corrected chi connectivity index (χ0v) is 13.6. The van der Waals surface area contributed by atoms with E-state index in [0.717, 1.165) is 52.0 Å². The molecule has 1 fully saturated rings. The second-order valence-electron chi connectivity index (χ2n) is 6.12. The molecule has 4 nitrogen and oxygen atoms in total. The topological polar surface area (TPSA) is 50.7 Å². The molecule has 0 spiro atoms. The number of nitrogens with one attached hydrogen (secondary N) is 1.